The van der Waals surface area contributed by atoms with E-state index in [2.05, 4.69) is 5.32 Å². The molecular weight excluding hydrogens is 302 g/mol. The van der Waals surface area contributed by atoms with Crippen LogP contribution in [0, 0.1) is 5.92 Å². The highest BCUT2D eigenvalue weighted by Crippen LogP contribution is 2.29. The number of carbonyl (C=O) groups excluding carboxylic acids is 2. The van der Waals surface area contributed by atoms with Crippen LogP contribution in [0.5, 0.6) is 0 Å². The molecule has 2 amide bonds. The summed E-state index contributed by atoms with van der Waals surface area (Å²) in [4.78, 5) is 23.7. The second-order valence-corrected chi connectivity index (χ2v) is 6.17. The Morgan fingerprint density at radius 2 is 2.00 bits per heavy atom. The highest BCUT2D eigenvalue weighted by atomic mass is 35.5. The lowest BCUT2D eigenvalue weighted by Crippen LogP contribution is -2.41. The molecular formula is C16H22ClN3O2. The summed E-state index contributed by atoms with van der Waals surface area (Å²) in [6.45, 7) is 0.536. The topological polar surface area (TPSA) is 98.2 Å². The molecule has 0 radical (unpaired) electrons. The maximum atomic E-state index is 12.4. The van der Waals surface area contributed by atoms with Crippen molar-refractivity contribution in [1.82, 2.24) is 5.32 Å². The molecule has 1 aromatic carbocycles. The summed E-state index contributed by atoms with van der Waals surface area (Å²) < 4.78 is 0. The normalized spacial score (nSPS) is 16.5. The molecule has 0 spiro atoms. The first-order valence-corrected chi connectivity index (χ1v) is 8.01. The third kappa shape index (κ3) is 3.99. The van der Waals surface area contributed by atoms with Crippen LogP contribution in [0.2, 0.25) is 5.02 Å². The van der Waals surface area contributed by atoms with Crippen LogP contribution in [-0.4, -0.2) is 24.4 Å². The number of nitrogens with one attached hydrogen (secondary N) is 1. The monoisotopic (exact) mass is 323 g/mol. The lowest BCUT2D eigenvalue weighted by molar-refractivity contribution is 0.0920. The third-order valence-electron chi connectivity index (χ3n) is 4.26. The van der Waals surface area contributed by atoms with Crippen LogP contribution in [0.1, 0.15) is 52.8 Å². The summed E-state index contributed by atoms with van der Waals surface area (Å²) in [5, 5.41) is 3.30. The summed E-state index contributed by atoms with van der Waals surface area (Å²) in [5.41, 5.74) is 11.5. The summed E-state index contributed by atoms with van der Waals surface area (Å²) in [5.74, 6) is -0.381. The van der Waals surface area contributed by atoms with E-state index in [0.717, 1.165) is 19.3 Å². The van der Waals surface area contributed by atoms with Crippen molar-refractivity contribution >= 4 is 23.4 Å². The number of carbonyl (C=O) groups is 2. The highest BCUT2D eigenvalue weighted by Gasteiger charge is 2.26. The van der Waals surface area contributed by atoms with Gasteiger partial charge in [-0.3, -0.25) is 9.59 Å². The predicted molar refractivity (Wildman–Crippen MR) is 86.9 cm³/mol. The molecule has 0 aliphatic heterocycles. The number of benzene rings is 1. The van der Waals surface area contributed by atoms with Gasteiger partial charge in [0.15, 0.2) is 0 Å². The zero-order chi connectivity index (χ0) is 16.1. The van der Waals surface area contributed by atoms with E-state index in [9.17, 15) is 9.59 Å². The first-order chi connectivity index (χ1) is 10.5. The number of primary amides is 1. The molecule has 1 fully saturated rings. The van der Waals surface area contributed by atoms with Crippen molar-refractivity contribution in [3.05, 3.63) is 34.3 Å². The molecule has 0 saturated heterocycles. The summed E-state index contributed by atoms with van der Waals surface area (Å²) in [7, 11) is 0. The fraction of sp³-hybridized carbons (Fsp3) is 0.500. The third-order valence-corrected chi connectivity index (χ3v) is 4.59. The van der Waals surface area contributed by atoms with Crippen LogP contribution >= 0.6 is 11.6 Å². The molecule has 1 atom stereocenters. The Kier molecular flexibility index (Phi) is 5.80. The van der Waals surface area contributed by atoms with E-state index in [0.29, 0.717) is 18.0 Å². The SMILES string of the molecule is NCCC(NC(=O)c1ccc(Cl)c(C(N)=O)c1)C1CCCC1. The predicted octanol–water partition coefficient (Wildman–Crippen LogP) is 2.08. The van der Waals surface area contributed by atoms with Crippen molar-refractivity contribution in [2.45, 2.75) is 38.1 Å². The van der Waals surface area contributed by atoms with E-state index in [-0.39, 0.29) is 22.5 Å². The van der Waals surface area contributed by atoms with Gasteiger partial charge in [-0.25, -0.2) is 0 Å². The van der Waals surface area contributed by atoms with E-state index in [1.165, 1.54) is 25.0 Å². The zero-order valence-corrected chi connectivity index (χ0v) is 13.2. The molecule has 2 rings (SSSR count). The van der Waals surface area contributed by atoms with E-state index in [1.807, 2.05) is 0 Å². The first-order valence-electron chi connectivity index (χ1n) is 7.63. The summed E-state index contributed by atoms with van der Waals surface area (Å²) in [6, 6.07) is 4.63. The second kappa shape index (κ2) is 7.61. The molecule has 1 aliphatic carbocycles. The molecule has 5 nitrogen and oxygen atoms in total. The Hall–Kier alpha value is -1.59. The van der Waals surface area contributed by atoms with Gasteiger partial charge in [-0.05, 0) is 49.9 Å². The molecule has 1 aromatic rings. The molecule has 0 bridgehead atoms. The van der Waals surface area contributed by atoms with Crippen LogP contribution in [0.3, 0.4) is 0 Å². The van der Waals surface area contributed by atoms with Crippen molar-refractivity contribution < 1.29 is 9.59 Å². The van der Waals surface area contributed by atoms with Gasteiger partial charge in [-0.2, -0.15) is 0 Å². The maximum Gasteiger partial charge on any atom is 0.251 e. The standard InChI is InChI=1S/C16H22ClN3O2/c17-13-6-5-11(9-12(13)15(19)21)16(22)20-14(7-8-18)10-3-1-2-4-10/h5-6,9-10,14H,1-4,7-8,18H2,(H2,19,21)(H,20,22). The number of amides is 2. The highest BCUT2D eigenvalue weighted by molar-refractivity contribution is 6.34. The Morgan fingerprint density at radius 1 is 1.32 bits per heavy atom. The van der Waals surface area contributed by atoms with Gasteiger partial charge in [0.25, 0.3) is 5.91 Å². The molecule has 1 aliphatic rings. The number of halogens is 1. The molecule has 22 heavy (non-hydrogen) atoms. The van der Waals surface area contributed by atoms with Gasteiger partial charge in [-0.15, -0.1) is 0 Å². The van der Waals surface area contributed by atoms with E-state index in [4.69, 9.17) is 23.1 Å². The number of rotatable bonds is 6. The minimum Gasteiger partial charge on any atom is -0.366 e. The molecule has 6 heteroatoms. The van der Waals surface area contributed by atoms with Gasteiger partial charge in [-0.1, -0.05) is 24.4 Å². The van der Waals surface area contributed by atoms with Gasteiger partial charge in [0.2, 0.25) is 5.91 Å². The maximum absolute atomic E-state index is 12.4. The smallest absolute Gasteiger partial charge is 0.251 e. The van der Waals surface area contributed by atoms with Gasteiger partial charge in [0, 0.05) is 11.6 Å². The van der Waals surface area contributed by atoms with E-state index >= 15 is 0 Å². The van der Waals surface area contributed by atoms with Crippen molar-refractivity contribution in [1.29, 1.82) is 0 Å². The molecule has 0 aromatic heterocycles. The lowest BCUT2D eigenvalue weighted by atomic mass is 9.95. The van der Waals surface area contributed by atoms with Crippen molar-refractivity contribution in [2.75, 3.05) is 6.54 Å². The Labute approximate surface area is 135 Å². The lowest BCUT2D eigenvalue weighted by Gasteiger charge is -2.24. The van der Waals surface area contributed by atoms with Gasteiger partial charge < -0.3 is 16.8 Å². The summed E-state index contributed by atoms with van der Waals surface area (Å²) >= 11 is 5.91. The van der Waals surface area contributed by atoms with Crippen molar-refractivity contribution in [3.63, 3.8) is 0 Å². The fourth-order valence-corrected chi connectivity index (χ4v) is 3.28. The van der Waals surface area contributed by atoms with Crippen LogP contribution < -0.4 is 16.8 Å². The van der Waals surface area contributed by atoms with Crippen molar-refractivity contribution in [3.8, 4) is 0 Å². The van der Waals surface area contributed by atoms with Crippen molar-refractivity contribution in [2.24, 2.45) is 17.4 Å². The van der Waals surface area contributed by atoms with Crippen LogP contribution in [-0.2, 0) is 0 Å². The van der Waals surface area contributed by atoms with Gasteiger partial charge in [0.05, 0.1) is 10.6 Å². The fourth-order valence-electron chi connectivity index (χ4n) is 3.07. The molecule has 1 unspecified atom stereocenters. The average Bonchev–Trinajstić information content (AvgIpc) is 3.01. The number of hydrogen-bond acceptors (Lipinski definition) is 3. The van der Waals surface area contributed by atoms with Crippen LogP contribution in [0.25, 0.3) is 0 Å². The second-order valence-electron chi connectivity index (χ2n) is 5.76. The minimum atomic E-state index is -0.644. The van der Waals surface area contributed by atoms with Gasteiger partial charge >= 0.3 is 0 Å². The van der Waals surface area contributed by atoms with E-state index in [1.54, 1.807) is 6.07 Å². The molecule has 1 saturated carbocycles. The molecule has 0 heterocycles. The molecule has 120 valence electrons. The number of nitrogens with two attached hydrogens (primary N) is 2. The largest absolute Gasteiger partial charge is 0.366 e. The van der Waals surface area contributed by atoms with E-state index < -0.39 is 5.91 Å². The Morgan fingerprint density at radius 3 is 2.59 bits per heavy atom. The van der Waals surface area contributed by atoms with Crippen LogP contribution in [0.15, 0.2) is 18.2 Å². The molecule has 5 N–H and O–H groups in total. The zero-order valence-electron chi connectivity index (χ0n) is 12.5. The minimum absolute atomic E-state index is 0.0766. The quantitative estimate of drug-likeness (QED) is 0.747. The van der Waals surface area contributed by atoms with Gasteiger partial charge in [0.1, 0.15) is 0 Å². The average molecular weight is 324 g/mol. The first kappa shape index (κ1) is 16.8. The Bertz CT molecular complexity index is 556. The van der Waals surface area contributed by atoms with Crippen LogP contribution in [0.4, 0.5) is 0 Å². The summed E-state index contributed by atoms with van der Waals surface area (Å²) in [6.07, 6.45) is 5.41. The Balaban J connectivity index is 2.12. The number of hydrogen-bond donors (Lipinski definition) is 3.